The molecule has 0 aromatic carbocycles. The molecule has 22 heavy (non-hydrogen) atoms. The first-order valence-electron chi connectivity index (χ1n) is 8.10. The lowest BCUT2D eigenvalue weighted by atomic mass is 9.97. The van der Waals surface area contributed by atoms with Gasteiger partial charge in [0.05, 0.1) is 5.92 Å². The van der Waals surface area contributed by atoms with Crippen molar-refractivity contribution < 1.29 is 19.1 Å². The molecule has 0 aromatic rings. The first kappa shape index (κ1) is 16.8. The van der Waals surface area contributed by atoms with E-state index in [1.54, 1.807) is 4.90 Å². The quantitative estimate of drug-likeness (QED) is 0.580. The number of allylic oxidation sites excluding steroid dienone is 1. The summed E-state index contributed by atoms with van der Waals surface area (Å²) in [4.78, 5) is 25.8. The molecule has 0 saturated carbocycles. The summed E-state index contributed by atoms with van der Waals surface area (Å²) in [5.41, 5.74) is 0.803. The van der Waals surface area contributed by atoms with Gasteiger partial charge in [-0.3, -0.25) is 4.79 Å². The molecular formula is C17H27NO4. The van der Waals surface area contributed by atoms with Gasteiger partial charge in [-0.05, 0) is 59.5 Å². The van der Waals surface area contributed by atoms with Crippen LogP contribution in [0.25, 0.3) is 0 Å². The summed E-state index contributed by atoms with van der Waals surface area (Å²) < 4.78 is 10.9. The number of amides is 1. The van der Waals surface area contributed by atoms with Crippen molar-refractivity contribution in [3.63, 3.8) is 0 Å². The van der Waals surface area contributed by atoms with Crippen LogP contribution in [0.5, 0.6) is 0 Å². The van der Waals surface area contributed by atoms with Gasteiger partial charge in [-0.2, -0.15) is 0 Å². The minimum Gasteiger partial charge on any atom is -0.458 e. The Labute approximate surface area is 132 Å². The van der Waals surface area contributed by atoms with E-state index in [-0.39, 0.29) is 24.1 Å². The van der Waals surface area contributed by atoms with Crippen LogP contribution >= 0.6 is 0 Å². The Bertz CT molecular complexity index is 456. The highest BCUT2D eigenvalue weighted by Crippen LogP contribution is 2.25. The molecular weight excluding hydrogens is 282 g/mol. The van der Waals surface area contributed by atoms with E-state index < -0.39 is 5.60 Å². The summed E-state index contributed by atoms with van der Waals surface area (Å²) in [7, 11) is 0. The summed E-state index contributed by atoms with van der Waals surface area (Å²) >= 11 is 0. The van der Waals surface area contributed by atoms with Gasteiger partial charge in [0.1, 0.15) is 11.7 Å². The molecule has 1 fully saturated rings. The van der Waals surface area contributed by atoms with E-state index in [4.69, 9.17) is 9.47 Å². The van der Waals surface area contributed by atoms with Gasteiger partial charge in [0, 0.05) is 13.1 Å². The number of likely N-dealkylation sites (tertiary alicyclic amines) is 1. The van der Waals surface area contributed by atoms with E-state index in [0.29, 0.717) is 25.9 Å². The number of ether oxygens (including phenoxy) is 2. The highest BCUT2D eigenvalue weighted by atomic mass is 16.6. The van der Waals surface area contributed by atoms with Crippen LogP contribution in [0, 0.1) is 5.92 Å². The Morgan fingerprint density at radius 2 is 1.82 bits per heavy atom. The number of hydrogen-bond acceptors (Lipinski definition) is 4. The zero-order valence-electron chi connectivity index (χ0n) is 14.1. The first-order chi connectivity index (χ1) is 10.2. The molecule has 1 aliphatic carbocycles. The van der Waals surface area contributed by atoms with Crippen molar-refractivity contribution >= 4 is 12.1 Å². The van der Waals surface area contributed by atoms with Crippen LogP contribution in [0.2, 0.25) is 0 Å². The summed E-state index contributed by atoms with van der Waals surface area (Å²) in [6.07, 6.45) is 4.88. The number of nitrogens with zero attached hydrogens (tertiary/aromatic N) is 1. The van der Waals surface area contributed by atoms with Crippen molar-refractivity contribution in [3.8, 4) is 0 Å². The molecule has 0 radical (unpaired) electrons. The summed E-state index contributed by atoms with van der Waals surface area (Å²) in [5, 5.41) is 0. The Hall–Kier alpha value is -1.52. The third-order valence-electron chi connectivity index (χ3n) is 4.04. The number of esters is 1. The second kappa shape index (κ2) is 6.71. The van der Waals surface area contributed by atoms with Gasteiger partial charge >= 0.3 is 12.1 Å². The van der Waals surface area contributed by atoms with E-state index in [1.165, 1.54) is 5.57 Å². The fourth-order valence-corrected chi connectivity index (χ4v) is 2.82. The molecule has 0 spiro atoms. The second-order valence-corrected chi connectivity index (χ2v) is 7.27. The normalized spacial score (nSPS) is 23.2. The van der Waals surface area contributed by atoms with Gasteiger partial charge in [0.15, 0.2) is 0 Å². The molecule has 1 aliphatic heterocycles. The molecule has 2 aliphatic rings. The average Bonchev–Trinajstić information content (AvgIpc) is 2.82. The number of carbonyl (C=O) groups is 2. The third-order valence-corrected chi connectivity index (χ3v) is 4.04. The lowest BCUT2D eigenvalue weighted by Crippen LogP contribution is -2.43. The SMILES string of the molecule is CC1=CC(OC(=O)C2CCN(C(=O)OC(C)(C)C)CC2)CC1. The van der Waals surface area contributed by atoms with E-state index >= 15 is 0 Å². The minimum absolute atomic E-state index is 0.0589. The zero-order chi connectivity index (χ0) is 16.3. The largest absolute Gasteiger partial charge is 0.458 e. The van der Waals surface area contributed by atoms with Crippen LogP contribution in [-0.2, 0) is 14.3 Å². The van der Waals surface area contributed by atoms with Crippen molar-refractivity contribution in [2.45, 2.75) is 65.1 Å². The van der Waals surface area contributed by atoms with E-state index in [1.807, 2.05) is 26.8 Å². The van der Waals surface area contributed by atoms with Gasteiger partial charge < -0.3 is 14.4 Å². The van der Waals surface area contributed by atoms with Crippen molar-refractivity contribution in [3.05, 3.63) is 11.6 Å². The molecule has 5 heteroatoms. The Morgan fingerprint density at radius 1 is 1.18 bits per heavy atom. The highest BCUT2D eigenvalue weighted by molar-refractivity contribution is 5.74. The summed E-state index contributed by atoms with van der Waals surface area (Å²) in [5.74, 6) is -0.229. The Balaban J connectivity index is 1.77. The third kappa shape index (κ3) is 4.75. The number of rotatable bonds is 2. The molecule has 1 amide bonds. The molecule has 0 aromatic heterocycles. The molecule has 0 bridgehead atoms. The maximum absolute atomic E-state index is 12.2. The number of piperidine rings is 1. The van der Waals surface area contributed by atoms with Crippen LogP contribution in [0.1, 0.15) is 53.4 Å². The Morgan fingerprint density at radius 3 is 2.32 bits per heavy atom. The van der Waals surface area contributed by atoms with E-state index in [9.17, 15) is 9.59 Å². The monoisotopic (exact) mass is 309 g/mol. The molecule has 1 saturated heterocycles. The molecule has 124 valence electrons. The maximum Gasteiger partial charge on any atom is 0.410 e. The van der Waals surface area contributed by atoms with Crippen LogP contribution < -0.4 is 0 Å². The summed E-state index contributed by atoms with van der Waals surface area (Å²) in [6, 6.07) is 0. The smallest absolute Gasteiger partial charge is 0.410 e. The molecule has 1 atom stereocenters. The van der Waals surface area contributed by atoms with Crippen molar-refractivity contribution in [1.29, 1.82) is 0 Å². The molecule has 5 nitrogen and oxygen atoms in total. The van der Waals surface area contributed by atoms with Crippen molar-refractivity contribution in [2.24, 2.45) is 5.92 Å². The van der Waals surface area contributed by atoms with Crippen LogP contribution in [0.15, 0.2) is 11.6 Å². The highest BCUT2D eigenvalue weighted by Gasteiger charge is 2.31. The second-order valence-electron chi connectivity index (χ2n) is 7.27. The van der Waals surface area contributed by atoms with Crippen molar-refractivity contribution in [1.82, 2.24) is 4.90 Å². The van der Waals surface area contributed by atoms with Gasteiger partial charge in [0.2, 0.25) is 0 Å². The topological polar surface area (TPSA) is 55.8 Å². The predicted molar refractivity (Wildman–Crippen MR) is 83.4 cm³/mol. The van der Waals surface area contributed by atoms with E-state index in [0.717, 1.165) is 12.8 Å². The zero-order valence-corrected chi connectivity index (χ0v) is 14.1. The fourth-order valence-electron chi connectivity index (χ4n) is 2.82. The van der Waals surface area contributed by atoms with Crippen molar-refractivity contribution in [2.75, 3.05) is 13.1 Å². The van der Waals surface area contributed by atoms with Gasteiger partial charge in [-0.1, -0.05) is 5.57 Å². The fraction of sp³-hybridized carbons (Fsp3) is 0.765. The number of carbonyl (C=O) groups excluding carboxylic acids is 2. The molecule has 1 unspecified atom stereocenters. The van der Waals surface area contributed by atoms with E-state index in [2.05, 4.69) is 6.92 Å². The lowest BCUT2D eigenvalue weighted by Gasteiger charge is -2.32. The summed E-state index contributed by atoms with van der Waals surface area (Å²) in [6.45, 7) is 8.72. The molecule has 2 rings (SSSR count). The van der Waals surface area contributed by atoms with Gasteiger partial charge in [0.25, 0.3) is 0 Å². The standard InChI is InChI=1S/C17H27NO4/c1-12-5-6-14(11-12)21-15(19)13-7-9-18(10-8-13)16(20)22-17(2,3)4/h11,13-14H,5-10H2,1-4H3. The van der Waals surface area contributed by atoms with Gasteiger partial charge in [-0.15, -0.1) is 0 Å². The average molecular weight is 309 g/mol. The first-order valence-corrected chi connectivity index (χ1v) is 8.10. The van der Waals surface area contributed by atoms with Gasteiger partial charge in [-0.25, -0.2) is 4.79 Å². The molecule has 0 N–H and O–H groups in total. The lowest BCUT2D eigenvalue weighted by molar-refractivity contribution is -0.153. The number of hydrogen-bond donors (Lipinski definition) is 0. The van der Waals surface area contributed by atoms with Crippen LogP contribution in [-0.4, -0.2) is 41.8 Å². The Kier molecular flexibility index (Phi) is 5.14. The maximum atomic E-state index is 12.2. The van der Waals surface area contributed by atoms with Crippen LogP contribution in [0.3, 0.4) is 0 Å². The predicted octanol–water partition coefficient (Wildman–Crippen LogP) is 3.29. The van der Waals surface area contributed by atoms with Crippen LogP contribution in [0.4, 0.5) is 4.79 Å². The minimum atomic E-state index is -0.487. The molecule has 1 heterocycles.